The molecule has 2 heterocycles. The molecule has 1 fully saturated rings. The van der Waals surface area contributed by atoms with Gasteiger partial charge in [-0.3, -0.25) is 9.69 Å². The molecule has 1 aliphatic carbocycles. The van der Waals surface area contributed by atoms with Crippen LogP contribution in [0.2, 0.25) is 0 Å². The number of likely N-dealkylation sites (tertiary alicyclic amines) is 1. The minimum Gasteiger partial charge on any atom is -0.395 e. The van der Waals surface area contributed by atoms with E-state index in [4.69, 9.17) is 5.26 Å². The number of amides is 1. The fourth-order valence-corrected chi connectivity index (χ4v) is 4.98. The first kappa shape index (κ1) is 23.3. The Labute approximate surface area is 195 Å². The van der Waals surface area contributed by atoms with E-state index < -0.39 is 6.17 Å². The molecular weight excluding hydrogens is 418 g/mol. The van der Waals surface area contributed by atoms with Crippen molar-refractivity contribution < 1.29 is 15.0 Å². The second-order valence-electron chi connectivity index (χ2n) is 9.01. The van der Waals surface area contributed by atoms with Crippen molar-refractivity contribution in [2.45, 2.75) is 56.7 Å². The largest absolute Gasteiger partial charge is 0.395 e. The summed E-state index contributed by atoms with van der Waals surface area (Å²) >= 11 is 0. The molecule has 0 radical (unpaired) electrons. The summed E-state index contributed by atoms with van der Waals surface area (Å²) in [5.74, 6) is 0.182. The lowest BCUT2D eigenvalue weighted by molar-refractivity contribution is -0.118. The quantitative estimate of drug-likeness (QED) is 0.430. The third-order valence-corrected chi connectivity index (χ3v) is 6.95. The topological polar surface area (TPSA) is 121 Å². The monoisotopic (exact) mass is 451 g/mol. The third kappa shape index (κ3) is 5.38. The molecule has 8 nitrogen and oxygen atoms in total. The summed E-state index contributed by atoms with van der Waals surface area (Å²) in [4.78, 5) is 15.0. The Morgan fingerprint density at radius 3 is 2.67 bits per heavy atom. The highest BCUT2D eigenvalue weighted by molar-refractivity contribution is 5.98. The Morgan fingerprint density at radius 1 is 1.24 bits per heavy atom. The first-order valence-corrected chi connectivity index (χ1v) is 11.9. The smallest absolute Gasteiger partial charge is 0.267 e. The summed E-state index contributed by atoms with van der Waals surface area (Å²) in [5.41, 5.74) is 4.77. The van der Waals surface area contributed by atoms with Crippen molar-refractivity contribution in [2.24, 2.45) is 0 Å². The maximum atomic E-state index is 12.8. The number of rotatable bonds is 7. The van der Waals surface area contributed by atoms with Crippen molar-refractivity contribution in [3.8, 4) is 6.07 Å². The molecule has 2 aliphatic heterocycles. The summed E-state index contributed by atoms with van der Waals surface area (Å²) < 4.78 is 0. The number of benzene rings is 1. The first-order valence-electron chi connectivity index (χ1n) is 11.9. The Hall–Kier alpha value is -2.86. The number of allylic oxidation sites excluding steroid dienone is 3. The van der Waals surface area contributed by atoms with Crippen molar-refractivity contribution in [2.75, 3.05) is 31.6 Å². The molecule has 0 spiro atoms. The number of piperidine rings is 1. The molecule has 1 atom stereocenters. The van der Waals surface area contributed by atoms with E-state index in [9.17, 15) is 15.0 Å². The van der Waals surface area contributed by atoms with Gasteiger partial charge in [-0.25, -0.2) is 0 Å². The molecule has 5 N–H and O–H groups in total. The summed E-state index contributed by atoms with van der Waals surface area (Å²) in [5, 5.41) is 36.8. The van der Waals surface area contributed by atoms with Crippen molar-refractivity contribution >= 4 is 17.2 Å². The average molecular weight is 452 g/mol. The minimum absolute atomic E-state index is 0.0239. The number of hydrogen-bond donors (Lipinski definition) is 5. The molecule has 4 rings (SSSR count). The zero-order valence-electron chi connectivity index (χ0n) is 18.9. The van der Waals surface area contributed by atoms with Crippen LogP contribution in [-0.4, -0.2) is 59.5 Å². The van der Waals surface area contributed by atoms with Crippen LogP contribution in [-0.2, 0) is 4.79 Å². The van der Waals surface area contributed by atoms with Gasteiger partial charge in [-0.05, 0) is 80.8 Å². The van der Waals surface area contributed by atoms with E-state index in [1.165, 1.54) is 23.8 Å². The van der Waals surface area contributed by atoms with Gasteiger partial charge in [0.05, 0.1) is 19.3 Å². The van der Waals surface area contributed by atoms with Gasteiger partial charge in [0.25, 0.3) is 5.91 Å². The predicted molar refractivity (Wildman–Crippen MR) is 127 cm³/mol. The molecule has 3 aliphatic rings. The molecule has 0 saturated carbocycles. The van der Waals surface area contributed by atoms with Crippen LogP contribution in [0.15, 0.2) is 36.2 Å². The van der Waals surface area contributed by atoms with Crippen LogP contribution in [0.25, 0.3) is 5.57 Å². The van der Waals surface area contributed by atoms with Crippen LogP contribution in [0.4, 0.5) is 5.69 Å². The molecule has 176 valence electrons. The zero-order valence-corrected chi connectivity index (χ0v) is 18.9. The Kier molecular flexibility index (Phi) is 7.65. The standard InChI is InChI=1S/C25H33N5O3/c26-13-20-14-27-24(28-20)25(33)29-23-7-6-19(12-22(23)18-4-2-1-3-5-18)17-8-10-30(11-9-17)21(15-31)16-32/h4,6-7,12,14,17,21,24,27-28,31-32H,1-3,5,8-11,15-16H2,(H,29,33). The van der Waals surface area contributed by atoms with Gasteiger partial charge in [0.1, 0.15) is 11.8 Å². The van der Waals surface area contributed by atoms with Crippen molar-refractivity contribution in [3.05, 3.63) is 47.3 Å². The lowest BCUT2D eigenvalue weighted by Gasteiger charge is -2.36. The van der Waals surface area contributed by atoms with Gasteiger partial charge in [-0.1, -0.05) is 12.1 Å². The van der Waals surface area contributed by atoms with Crippen LogP contribution in [0.1, 0.15) is 55.6 Å². The fourth-order valence-electron chi connectivity index (χ4n) is 4.98. The number of nitrogens with one attached hydrogen (secondary N) is 3. The highest BCUT2D eigenvalue weighted by Gasteiger charge is 2.27. The Balaban J connectivity index is 1.51. The van der Waals surface area contributed by atoms with E-state index in [2.05, 4.69) is 39.1 Å². The number of nitrogens with zero attached hydrogens (tertiary/aromatic N) is 2. The van der Waals surface area contributed by atoms with Gasteiger partial charge >= 0.3 is 0 Å². The minimum atomic E-state index is -0.664. The average Bonchev–Trinajstić information content (AvgIpc) is 3.36. The van der Waals surface area contributed by atoms with Gasteiger partial charge in [-0.15, -0.1) is 0 Å². The number of anilines is 1. The Morgan fingerprint density at radius 2 is 2.03 bits per heavy atom. The highest BCUT2D eigenvalue weighted by Crippen LogP contribution is 2.36. The van der Waals surface area contributed by atoms with E-state index in [1.54, 1.807) is 0 Å². The van der Waals surface area contributed by atoms with Crippen LogP contribution in [0, 0.1) is 11.3 Å². The first-order chi connectivity index (χ1) is 16.1. The van der Waals surface area contributed by atoms with Gasteiger partial charge in [0, 0.05) is 17.5 Å². The SMILES string of the molecule is N#CC1=CNC(C(=O)Nc2ccc(C3CCN(C(CO)CO)CC3)cc2C2=CCCCC2)N1. The number of nitriles is 1. The molecule has 8 heteroatoms. The normalized spacial score (nSPS) is 21.6. The lowest BCUT2D eigenvalue weighted by Crippen LogP contribution is -2.45. The lowest BCUT2D eigenvalue weighted by atomic mass is 9.85. The van der Waals surface area contributed by atoms with Gasteiger partial charge in [0.15, 0.2) is 6.17 Å². The van der Waals surface area contributed by atoms with E-state index in [0.29, 0.717) is 11.6 Å². The molecule has 1 unspecified atom stereocenters. The van der Waals surface area contributed by atoms with Crippen molar-refractivity contribution in [1.82, 2.24) is 15.5 Å². The molecule has 1 aromatic rings. The summed E-state index contributed by atoms with van der Waals surface area (Å²) in [6.45, 7) is 1.65. The number of hydrogen-bond acceptors (Lipinski definition) is 7. The summed E-state index contributed by atoms with van der Waals surface area (Å²) in [6, 6.07) is 8.16. The third-order valence-electron chi connectivity index (χ3n) is 6.95. The summed E-state index contributed by atoms with van der Waals surface area (Å²) in [6.07, 6.45) is 9.47. The second kappa shape index (κ2) is 10.8. The fraction of sp³-hybridized carbons (Fsp3) is 0.520. The number of aliphatic hydroxyl groups excluding tert-OH is 2. The maximum Gasteiger partial charge on any atom is 0.267 e. The molecule has 1 saturated heterocycles. The number of aliphatic hydroxyl groups is 2. The van der Waals surface area contributed by atoms with E-state index in [-0.39, 0.29) is 25.2 Å². The maximum absolute atomic E-state index is 12.8. The highest BCUT2D eigenvalue weighted by atomic mass is 16.3. The zero-order chi connectivity index (χ0) is 23.2. The number of carbonyl (C=O) groups excluding carboxylic acids is 1. The molecule has 1 aromatic carbocycles. The van der Waals surface area contributed by atoms with E-state index >= 15 is 0 Å². The van der Waals surface area contributed by atoms with Crippen molar-refractivity contribution in [3.63, 3.8) is 0 Å². The second-order valence-corrected chi connectivity index (χ2v) is 9.01. The molecule has 0 bridgehead atoms. The Bertz CT molecular complexity index is 955. The molecule has 0 aromatic heterocycles. The van der Waals surface area contributed by atoms with Crippen LogP contribution in [0.5, 0.6) is 0 Å². The van der Waals surface area contributed by atoms with E-state index in [1.807, 2.05) is 12.1 Å². The van der Waals surface area contributed by atoms with Gasteiger partial charge in [0.2, 0.25) is 0 Å². The number of carbonyl (C=O) groups is 1. The predicted octanol–water partition coefficient (Wildman–Crippen LogP) is 2.00. The molecule has 33 heavy (non-hydrogen) atoms. The van der Waals surface area contributed by atoms with Crippen LogP contribution >= 0.6 is 0 Å². The van der Waals surface area contributed by atoms with Crippen molar-refractivity contribution in [1.29, 1.82) is 5.26 Å². The summed E-state index contributed by atoms with van der Waals surface area (Å²) in [7, 11) is 0. The van der Waals surface area contributed by atoms with Crippen LogP contribution < -0.4 is 16.0 Å². The van der Waals surface area contributed by atoms with E-state index in [0.717, 1.165) is 56.4 Å². The molecular formula is C25H33N5O3. The van der Waals surface area contributed by atoms with Crippen LogP contribution in [0.3, 0.4) is 0 Å². The van der Waals surface area contributed by atoms with Gasteiger partial charge in [-0.2, -0.15) is 5.26 Å². The molecule has 1 amide bonds. The van der Waals surface area contributed by atoms with Gasteiger partial charge < -0.3 is 26.2 Å².